The van der Waals surface area contributed by atoms with Crippen LogP contribution < -0.4 is 5.73 Å². The van der Waals surface area contributed by atoms with E-state index in [0.717, 1.165) is 0 Å². The van der Waals surface area contributed by atoms with Crippen LogP contribution in [0.2, 0.25) is 0 Å². The molecule has 0 spiro atoms. The molecule has 1 aliphatic heterocycles. The van der Waals surface area contributed by atoms with E-state index in [9.17, 15) is 13.2 Å². The van der Waals surface area contributed by atoms with Crippen LogP contribution in [0, 0.1) is 0 Å². The zero-order chi connectivity index (χ0) is 14.0. The molecule has 1 heterocycles. The van der Waals surface area contributed by atoms with E-state index in [-0.39, 0.29) is 11.6 Å². The predicted octanol–water partition coefficient (Wildman–Crippen LogP) is 0.649. The number of benzene rings is 1. The topological polar surface area (TPSA) is 95.7 Å². The number of hydrogen-bond acceptors (Lipinski definition) is 6. The van der Waals surface area contributed by atoms with Crippen molar-refractivity contribution in [1.82, 2.24) is 0 Å². The second-order valence-electron chi connectivity index (χ2n) is 4.09. The Bertz CT molecular complexity index is 621. The van der Waals surface area contributed by atoms with E-state index in [1.165, 1.54) is 6.92 Å². The monoisotopic (exact) mass is 283 g/mol. The first kappa shape index (κ1) is 13.4. The Morgan fingerprint density at radius 3 is 2.47 bits per heavy atom. The molecule has 19 heavy (non-hydrogen) atoms. The van der Waals surface area contributed by atoms with E-state index >= 15 is 0 Å². The fourth-order valence-electron chi connectivity index (χ4n) is 1.62. The molecule has 1 atom stereocenters. The zero-order valence-electron chi connectivity index (χ0n) is 10.2. The Hall–Kier alpha value is -2.02. The van der Waals surface area contributed by atoms with Crippen molar-refractivity contribution in [3.63, 3.8) is 0 Å². The molecule has 2 N–H and O–H groups in total. The maximum atomic E-state index is 11.8. The SMILES string of the molecule is CC1OC(N)=C(OS(=O)(=O)Cc2ccccc2)C1=O. The Balaban J connectivity index is 2.15. The largest absolute Gasteiger partial charge is 0.465 e. The summed E-state index contributed by atoms with van der Waals surface area (Å²) < 4.78 is 33.3. The van der Waals surface area contributed by atoms with Crippen LogP contribution in [0.15, 0.2) is 42.0 Å². The van der Waals surface area contributed by atoms with E-state index < -0.39 is 27.8 Å². The van der Waals surface area contributed by atoms with Gasteiger partial charge in [0, 0.05) is 0 Å². The number of hydrogen-bond donors (Lipinski definition) is 1. The van der Waals surface area contributed by atoms with Gasteiger partial charge in [-0.3, -0.25) is 4.79 Å². The Kier molecular flexibility index (Phi) is 3.48. The van der Waals surface area contributed by atoms with Gasteiger partial charge in [-0.25, -0.2) is 0 Å². The summed E-state index contributed by atoms with van der Waals surface area (Å²) in [6, 6.07) is 8.49. The summed E-state index contributed by atoms with van der Waals surface area (Å²) in [6.45, 7) is 1.47. The number of ether oxygens (including phenoxy) is 1. The lowest BCUT2D eigenvalue weighted by molar-refractivity contribution is -0.122. The van der Waals surface area contributed by atoms with Gasteiger partial charge < -0.3 is 14.7 Å². The highest BCUT2D eigenvalue weighted by molar-refractivity contribution is 7.86. The minimum Gasteiger partial charge on any atom is -0.465 e. The molecular formula is C12H13NO5S. The maximum absolute atomic E-state index is 11.8. The molecule has 1 unspecified atom stereocenters. The minimum atomic E-state index is -3.95. The quantitative estimate of drug-likeness (QED) is 0.815. The van der Waals surface area contributed by atoms with E-state index in [2.05, 4.69) is 0 Å². The van der Waals surface area contributed by atoms with Crippen molar-refractivity contribution in [2.75, 3.05) is 0 Å². The van der Waals surface area contributed by atoms with Gasteiger partial charge in [-0.1, -0.05) is 30.3 Å². The molecule has 6 nitrogen and oxygen atoms in total. The van der Waals surface area contributed by atoms with E-state index in [1.54, 1.807) is 30.3 Å². The summed E-state index contributed by atoms with van der Waals surface area (Å²) in [5.41, 5.74) is 5.96. The van der Waals surface area contributed by atoms with Crippen LogP contribution in [-0.2, 0) is 29.6 Å². The highest BCUT2D eigenvalue weighted by atomic mass is 32.2. The van der Waals surface area contributed by atoms with Gasteiger partial charge in [0.1, 0.15) is 5.75 Å². The highest BCUT2D eigenvalue weighted by Crippen LogP contribution is 2.22. The van der Waals surface area contributed by atoms with Crippen molar-refractivity contribution >= 4 is 15.9 Å². The van der Waals surface area contributed by atoms with E-state index in [1.807, 2.05) is 0 Å². The highest BCUT2D eigenvalue weighted by Gasteiger charge is 2.35. The van der Waals surface area contributed by atoms with Crippen LogP contribution in [0.5, 0.6) is 0 Å². The third-order valence-electron chi connectivity index (χ3n) is 2.52. The molecule has 7 heteroatoms. The normalized spacial score (nSPS) is 19.4. The average molecular weight is 283 g/mol. The molecule has 0 saturated heterocycles. The van der Waals surface area contributed by atoms with E-state index in [4.69, 9.17) is 14.7 Å². The average Bonchev–Trinajstić information content (AvgIpc) is 2.56. The van der Waals surface area contributed by atoms with Crippen LogP contribution in [0.3, 0.4) is 0 Å². The van der Waals surface area contributed by atoms with Gasteiger partial charge >= 0.3 is 10.1 Å². The predicted molar refractivity (Wildman–Crippen MR) is 66.9 cm³/mol. The summed E-state index contributed by atoms with van der Waals surface area (Å²) in [5, 5.41) is 0. The van der Waals surface area contributed by atoms with Crippen molar-refractivity contribution < 1.29 is 22.1 Å². The van der Waals surface area contributed by atoms with E-state index in [0.29, 0.717) is 5.56 Å². The number of ketones is 1. The van der Waals surface area contributed by atoms with Gasteiger partial charge in [0.2, 0.25) is 17.4 Å². The summed E-state index contributed by atoms with van der Waals surface area (Å²) >= 11 is 0. The number of Topliss-reactive ketones (excluding diaryl/α,β-unsaturated/α-hetero) is 1. The first-order chi connectivity index (χ1) is 8.89. The lowest BCUT2D eigenvalue weighted by Crippen LogP contribution is -2.18. The first-order valence-corrected chi connectivity index (χ1v) is 7.13. The number of carbonyl (C=O) groups excluding carboxylic acids is 1. The molecular weight excluding hydrogens is 270 g/mol. The standard InChI is InChI=1S/C12H13NO5S/c1-8-10(14)11(12(13)17-8)18-19(15,16)7-9-5-3-2-4-6-9/h2-6,8H,7,13H2,1H3. The molecule has 1 aliphatic rings. The Morgan fingerprint density at radius 1 is 1.32 bits per heavy atom. The summed E-state index contributed by atoms with van der Waals surface area (Å²) in [4.78, 5) is 11.6. The first-order valence-electron chi connectivity index (χ1n) is 5.56. The van der Waals surface area contributed by atoms with Gasteiger partial charge in [0.05, 0.1) is 0 Å². The van der Waals surface area contributed by atoms with Gasteiger partial charge in [0.25, 0.3) is 0 Å². The van der Waals surface area contributed by atoms with Crippen molar-refractivity contribution in [2.45, 2.75) is 18.8 Å². The maximum Gasteiger partial charge on any atom is 0.313 e. The molecule has 1 aromatic carbocycles. The van der Waals surface area contributed by atoms with Crippen LogP contribution in [0.25, 0.3) is 0 Å². The van der Waals surface area contributed by atoms with Gasteiger partial charge in [-0.05, 0) is 12.5 Å². The van der Waals surface area contributed by atoms with Crippen LogP contribution in [0.1, 0.15) is 12.5 Å². The molecule has 2 rings (SSSR count). The van der Waals surface area contributed by atoms with Gasteiger partial charge in [-0.2, -0.15) is 8.42 Å². The van der Waals surface area contributed by atoms with Crippen molar-refractivity contribution in [3.05, 3.63) is 47.5 Å². The minimum absolute atomic E-state index is 0.297. The summed E-state index contributed by atoms with van der Waals surface area (Å²) in [5.74, 6) is -1.65. The molecule has 0 bridgehead atoms. The molecule has 0 fully saturated rings. The molecule has 0 aliphatic carbocycles. The molecule has 0 aromatic heterocycles. The fraction of sp³-hybridized carbons (Fsp3) is 0.250. The lowest BCUT2D eigenvalue weighted by Gasteiger charge is -2.06. The zero-order valence-corrected chi connectivity index (χ0v) is 11.0. The Labute approximate surface area is 110 Å². The Morgan fingerprint density at radius 2 is 1.95 bits per heavy atom. The summed E-state index contributed by atoms with van der Waals surface area (Å²) in [7, 11) is -3.95. The summed E-state index contributed by atoms with van der Waals surface area (Å²) in [6.07, 6.45) is -0.818. The van der Waals surface area contributed by atoms with Crippen molar-refractivity contribution in [3.8, 4) is 0 Å². The number of rotatable bonds is 4. The van der Waals surface area contributed by atoms with Crippen molar-refractivity contribution in [2.24, 2.45) is 5.73 Å². The number of nitrogens with two attached hydrogens (primary N) is 1. The van der Waals surface area contributed by atoms with Crippen molar-refractivity contribution in [1.29, 1.82) is 0 Å². The molecule has 0 amide bonds. The van der Waals surface area contributed by atoms with Gasteiger partial charge in [0.15, 0.2) is 6.10 Å². The second-order valence-corrected chi connectivity index (χ2v) is 5.66. The molecule has 0 radical (unpaired) electrons. The smallest absolute Gasteiger partial charge is 0.313 e. The molecule has 1 aromatic rings. The molecule has 102 valence electrons. The fourth-order valence-corrected chi connectivity index (χ4v) is 2.70. The van der Waals surface area contributed by atoms with Gasteiger partial charge in [-0.15, -0.1) is 0 Å². The number of carbonyl (C=O) groups is 1. The molecule has 0 saturated carbocycles. The second kappa shape index (κ2) is 4.93. The van der Waals surface area contributed by atoms with Crippen LogP contribution in [0.4, 0.5) is 0 Å². The van der Waals surface area contributed by atoms with Crippen LogP contribution in [-0.4, -0.2) is 20.3 Å². The van der Waals surface area contributed by atoms with Crippen LogP contribution >= 0.6 is 0 Å². The lowest BCUT2D eigenvalue weighted by atomic mass is 10.2. The third kappa shape index (κ3) is 3.05. The third-order valence-corrected chi connectivity index (χ3v) is 3.62.